The van der Waals surface area contributed by atoms with Crippen molar-refractivity contribution >= 4 is 11.6 Å². The molecule has 2 aromatic rings. The number of amides is 1. The van der Waals surface area contributed by atoms with E-state index in [1.165, 1.54) is 5.69 Å². The summed E-state index contributed by atoms with van der Waals surface area (Å²) in [7, 11) is 2.09. The maximum absolute atomic E-state index is 12.4. The molecule has 0 saturated carbocycles. The first-order chi connectivity index (χ1) is 10.2. The second kappa shape index (κ2) is 4.35. The van der Waals surface area contributed by atoms with Gasteiger partial charge in [-0.05, 0) is 30.7 Å². The Kier molecular flexibility index (Phi) is 2.58. The number of nitrogens with zero attached hydrogens (tertiary/aromatic N) is 3. The van der Waals surface area contributed by atoms with Crippen LogP contribution in [0.5, 0.6) is 0 Å². The third kappa shape index (κ3) is 1.77. The van der Waals surface area contributed by atoms with Crippen LogP contribution in [0.4, 0.5) is 5.69 Å². The second-order valence-corrected chi connectivity index (χ2v) is 5.96. The van der Waals surface area contributed by atoms with Crippen LogP contribution < -0.4 is 4.90 Å². The summed E-state index contributed by atoms with van der Waals surface area (Å²) >= 11 is 0. The van der Waals surface area contributed by atoms with Crippen LogP contribution in [-0.4, -0.2) is 42.5 Å². The highest BCUT2D eigenvalue weighted by Crippen LogP contribution is 2.44. The van der Waals surface area contributed by atoms with Crippen LogP contribution in [0.25, 0.3) is 0 Å². The normalized spacial score (nSPS) is 23.9. The van der Waals surface area contributed by atoms with Gasteiger partial charge >= 0.3 is 0 Å². The van der Waals surface area contributed by atoms with Gasteiger partial charge in [0, 0.05) is 32.9 Å². The number of hydrogen-bond acceptors (Lipinski definition) is 4. The molecule has 1 fully saturated rings. The predicted octanol–water partition coefficient (Wildman–Crippen LogP) is 1.91. The number of likely N-dealkylation sites (N-methyl/N-ethyl adjacent to an activating group) is 1. The molecule has 0 N–H and O–H groups in total. The predicted molar refractivity (Wildman–Crippen MR) is 78.4 cm³/mol. The summed E-state index contributed by atoms with van der Waals surface area (Å²) in [6.07, 6.45) is 4.34. The lowest BCUT2D eigenvalue weighted by Gasteiger charge is -2.24. The van der Waals surface area contributed by atoms with Gasteiger partial charge in [0.25, 0.3) is 5.91 Å². The summed E-state index contributed by atoms with van der Waals surface area (Å²) in [6, 6.07) is 7.54. The van der Waals surface area contributed by atoms with Crippen LogP contribution in [0, 0.1) is 0 Å². The van der Waals surface area contributed by atoms with Crippen molar-refractivity contribution in [2.24, 2.45) is 0 Å². The van der Waals surface area contributed by atoms with E-state index in [2.05, 4.69) is 23.0 Å². The van der Waals surface area contributed by atoms with Gasteiger partial charge in [0.05, 0.1) is 23.1 Å². The number of fused-ring (bicyclic) bond motifs is 2. The Morgan fingerprint density at radius 3 is 3.05 bits per heavy atom. The molecule has 0 aromatic carbocycles. The third-order valence-electron chi connectivity index (χ3n) is 4.61. The van der Waals surface area contributed by atoms with Gasteiger partial charge in [-0.1, -0.05) is 0 Å². The largest absolute Gasteiger partial charge is 0.459 e. The molecule has 1 unspecified atom stereocenters. The van der Waals surface area contributed by atoms with Gasteiger partial charge < -0.3 is 14.2 Å². The van der Waals surface area contributed by atoms with Gasteiger partial charge in [-0.25, -0.2) is 0 Å². The molecule has 2 aromatic heterocycles. The topological polar surface area (TPSA) is 49.6 Å². The number of carbonyl (C=O) groups excluding carboxylic acids is 1. The Labute approximate surface area is 123 Å². The number of likely N-dealkylation sites (tertiary alicyclic amines) is 1. The lowest BCUT2D eigenvalue weighted by atomic mass is 9.85. The molecule has 5 nitrogen and oxygen atoms in total. The molecule has 4 heterocycles. The summed E-state index contributed by atoms with van der Waals surface area (Å²) < 4.78 is 5.23. The Balaban J connectivity index is 1.64. The number of rotatable bonds is 1. The number of carbonyl (C=O) groups is 1. The highest BCUT2D eigenvalue weighted by Gasteiger charge is 2.48. The standard InChI is InChI=1S/C16H17N3O2/c1-18-10-16(14-12(18)4-2-7-17-14)6-8-19(11-16)15(20)13-5-3-9-21-13/h2-5,7,9H,6,8,10-11H2,1H3. The molecule has 21 heavy (non-hydrogen) atoms. The van der Waals surface area contributed by atoms with E-state index in [0.29, 0.717) is 12.3 Å². The van der Waals surface area contributed by atoms with Gasteiger partial charge in [0.15, 0.2) is 5.76 Å². The molecule has 108 valence electrons. The van der Waals surface area contributed by atoms with Crippen molar-refractivity contribution in [2.45, 2.75) is 11.8 Å². The number of anilines is 1. The van der Waals surface area contributed by atoms with Crippen molar-refractivity contribution in [1.82, 2.24) is 9.88 Å². The Morgan fingerprint density at radius 2 is 2.24 bits per heavy atom. The zero-order valence-electron chi connectivity index (χ0n) is 12.0. The molecule has 1 saturated heterocycles. The molecule has 0 bridgehead atoms. The van der Waals surface area contributed by atoms with Gasteiger partial charge in [-0.3, -0.25) is 9.78 Å². The molecule has 0 aliphatic carbocycles. The fraction of sp³-hybridized carbons (Fsp3) is 0.375. The monoisotopic (exact) mass is 283 g/mol. The van der Waals surface area contributed by atoms with Crippen molar-refractivity contribution in [2.75, 3.05) is 31.6 Å². The fourth-order valence-corrected chi connectivity index (χ4v) is 3.65. The first-order valence-corrected chi connectivity index (χ1v) is 7.19. The van der Waals surface area contributed by atoms with Crippen molar-refractivity contribution < 1.29 is 9.21 Å². The Hall–Kier alpha value is -2.30. The molecule has 1 spiro atoms. The summed E-state index contributed by atoms with van der Waals surface area (Å²) in [4.78, 5) is 21.2. The highest BCUT2D eigenvalue weighted by atomic mass is 16.3. The van der Waals surface area contributed by atoms with E-state index in [4.69, 9.17) is 4.42 Å². The number of aromatic nitrogens is 1. The average molecular weight is 283 g/mol. The van der Waals surface area contributed by atoms with Gasteiger partial charge in [0.2, 0.25) is 0 Å². The van der Waals surface area contributed by atoms with E-state index in [1.807, 2.05) is 17.2 Å². The van der Waals surface area contributed by atoms with Crippen molar-refractivity contribution in [3.63, 3.8) is 0 Å². The second-order valence-electron chi connectivity index (χ2n) is 5.96. The lowest BCUT2D eigenvalue weighted by Crippen LogP contribution is -2.37. The lowest BCUT2D eigenvalue weighted by molar-refractivity contribution is 0.0752. The van der Waals surface area contributed by atoms with E-state index >= 15 is 0 Å². The molecule has 0 radical (unpaired) electrons. The minimum Gasteiger partial charge on any atom is -0.459 e. The minimum absolute atomic E-state index is 0.0242. The van der Waals surface area contributed by atoms with Crippen LogP contribution in [0.15, 0.2) is 41.1 Å². The van der Waals surface area contributed by atoms with Gasteiger partial charge in [-0.15, -0.1) is 0 Å². The van der Waals surface area contributed by atoms with Gasteiger partial charge in [0.1, 0.15) is 0 Å². The van der Waals surface area contributed by atoms with E-state index in [1.54, 1.807) is 18.4 Å². The maximum atomic E-state index is 12.4. The summed E-state index contributed by atoms with van der Waals surface area (Å²) in [5, 5.41) is 0. The maximum Gasteiger partial charge on any atom is 0.289 e. The first kappa shape index (κ1) is 12.4. The van der Waals surface area contributed by atoms with Crippen molar-refractivity contribution in [3.8, 4) is 0 Å². The SMILES string of the molecule is CN1CC2(CCN(C(=O)c3ccco3)C2)c2ncccc21. The number of hydrogen-bond donors (Lipinski definition) is 0. The molecular formula is C16H17N3O2. The van der Waals surface area contributed by atoms with Crippen LogP contribution in [-0.2, 0) is 5.41 Å². The smallest absolute Gasteiger partial charge is 0.289 e. The first-order valence-electron chi connectivity index (χ1n) is 7.19. The van der Waals surface area contributed by atoms with E-state index in [9.17, 15) is 4.79 Å². The van der Waals surface area contributed by atoms with Crippen molar-refractivity contribution in [1.29, 1.82) is 0 Å². The summed E-state index contributed by atoms with van der Waals surface area (Å²) in [5.41, 5.74) is 2.28. The Morgan fingerprint density at radius 1 is 1.33 bits per heavy atom. The number of furan rings is 1. The van der Waals surface area contributed by atoms with Crippen LogP contribution >= 0.6 is 0 Å². The summed E-state index contributed by atoms with van der Waals surface area (Å²) in [5.74, 6) is 0.392. The molecule has 1 amide bonds. The average Bonchev–Trinajstić information content (AvgIpc) is 3.21. The molecular weight excluding hydrogens is 266 g/mol. The quantitative estimate of drug-likeness (QED) is 0.802. The summed E-state index contributed by atoms with van der Waals surface area (Å²) in [6.45, 7) is 2.38. The minimum atomic E-state index is -0.0341. The Bertz CT molecular complexity index is 683. The van der Waals surface area contributed by atoms with Gasteiger partial charge in [-0.2, -0.15) is 0 Å². The van der Waals surface area contributed by atoms with E-state index in [0.717, 1.165) is 25.2 Å². The molecule has 4 rings (SSSR count). The fourth-order valence-electron chi connectivity index (χ4n) is 3.65. The van der Waals surface area contributed by atoms with Crippen LogP contribution in [0.3, 0.4) is 0 Å². The van der Waals surface area contributed by atoms with E-state index in [-0.39, 0.29) is 11.3 Å². The zero-order chi connectivity index (χ0) is 14.4. The molecule has 2 aliphatic heterocycles. The molecule has 5 heteroatoms. The van der Waals surface area contributed by atoms with Crippen molar-refractivity contribution in [3.05, 3.63) is 48.2 Å². The molecule has 2 aliphatic rings. The number of pyridine rings is 1. The van der Waals surface area contributed by atoms with Crippen LogP contribution in [0.2, 0.25) is 0 Å². The highest BCUT2D eigenvalue weighted by molar-refractivity contribution is 5.91. The van der Waals surface area contributed by atoms with E-state index < -0.39 is 0 Å². The third-order valence-corrected chi connectivity index (χ3v) is 4.61. The zero-order valence-corrected chi connectivity index (χ0v) is 12.0. The van der Waals surface area contributed by atoms with Crippen LogP contribution in [0.1, 0.15) is 22.7 Å². The molecule has 1 atom stereocenters.